The third kappa shape index (κ3) is 5.29. The first kappa shape index (κ1) is 25.6. The lowest BCUT2D eigenvalue weighted by molar-refractivity contribution is 0.0605. The van der Waals surface area contributed by atoms with E-state index in [0.717, 1.165) is 89.6 Å². The minimum atomic E-state index is -3.40. The Morgan fingerprint density at radius 2 is 1.95 bits per heavy atom. The quantitative estimate of drug-likeness (QED) is 0.345. The van der Waals surface area contributed by atoms with Gasteiger partial charge in [0.1, 0.15) is 6.61 Å². The van der Waals surface area contributed by atoms with Crippen LogP contribution in [-0.4, -0.2) is 42.7 Å². The Labute approximate surface area is 228 Å². The van der Waals surface area contributed by atoms with Crippen molar-refractivity contribution in [2.24, 2.45) is 5.92 Å². The van der Waals surface area contributed by atoms with E-state index in [1.807, 2.05) is 36.5 Å². The summed E-state index contributed by atoms with van der Waals surface area (Å²) in [5, 5.41) is 5.84. The number of anilines is 1. The summed E-state index contributed by atoms with van der Waals surface area (Å²) in [6.07, 6.45) is 7.69. The van der Waals surface area contributed by atoms with Gasteiger partial charge >= 0.3 is 0 Å². The Morgan fingerprint density at radius 3 is 2.74 bits per heavy atom. The molecule has 0 amide bonds. The second-order valence-corrected chi connectivity index (χ2v) is 12.0. The summed E-state index contributed by atoms with van der Waals surface area (Å²) in [6.45, 7) is 5.01. The van der Waals surface area contributed by atoms with Crippen LogP contribution in [0.3, 0.4) is 0 Å². The van der Waals surface area contributed by atoms with E-state index in [9.17, 15) is 8.42 Å². The number of sulfonamides is 1. The van der Waals surface area contributed by atoms with Crippen molar-refractivity contribution < 1.29 is 17.9 Å². The minimum Gasteiger partial charge on any atom is -0.472 e. The topological polar surface area (TPSA) is 95.3 Å². The molecule has 0 aliphatic carbocycles. The van der Waals surface area contributed by atoms with Gasteiger partial charge in [0, 0.05) is 42.6 Å². The monoisotopic (exact) mass is 544 g/mol. The van der Waals surface area contributed by atoms with E-state index >= 15 is 0 Å². The van der Waals surface area contributed by atoms with Crippen molar-refractivity contribution in [2.75, 3.05) is 24.2 Å². The van der Waals surface area contributed by atoms with Crippen molar-refractivity contribution in [3.05, 3.63) is 83.2 Å². The van der Waals surface area contributed by atoms with Gasteiger partial charge in [-0.25, -0.2) is 13.4 Å². The highest BCUT2D eigenvalue weighted by atomic mass is 32.2. The average Bonchev–Trinajstić information content (AvgIpc) is 3.23. The lowest BCUT2D eigenvalue weighted by Crippen LogP contribution is -2.20. The molecule has 2 aromatic heterocycles. The number of nitrogens with zero attached hydrogens (tertiary/aromatic N) is 3. The summed E-state index contributed by atoms with van der Waals surface area (Å²) >= 11 is 0. The molecule has 8 nitrogen and oxygen atoms in total. The molecule has 9 heteroatoms. The first-order chi connectivity index (χ1) is 18.9. The lowest BCUT2D eigenvalue weighted by Gasteiger charge is -2.22. The Bertz CT molecular complexity index is 1670. The molecule has 4 heterocycles. The van der Waals surface area contributed by atoms with Crippen molar-refractivity contribution in [3.63, 3.8) is 0 Å². The number of hydrogen-bond donors (Lipinski definition) is 1. The molecule has 4 aromatic rings. The summed E-state index contributed by atoms with van der Waals surface area (Å²) in [4.78, 5) is 4.56. The maximum atomic E-state index is 11.9. The summed E-state index contributed by atoms with van der Waals surface area (Å²) in [7, 11) is -3.40. The highest BCUT2D eigenvalue weighted by Crippen LogP contribution is 2.43. The van der Waals surface area contributed by atoms with E-state index in [1.54, 1.807) is 12.3 Å². The van der Waals surface area contributed by atoms with Crippen LogP contribution >= 0.6 is 0 Å². The second kappa shape index (κ2) is 10.5. The number of allylic oxidation sites excluding steroid dienone is 1. The zero-order valence-electron chi connectivity index (χ0n) is 22.2. The molecule has 2 aliphatic heterocycles. The minimum absolute atomic E-state index is 0.397. The third-order valence-corrected chi connectivity index (χ3v) is 8.09. The summed E-state index contributed by atoms with van der Waals surface area (Å²) < 4.78 is 40.4. The van der Waals surface area contributed by atoms with Crippen LogP contribution in [0, 0.1) is 5.92 Å². The number of rotatable bonds is 6. The van der Waals surface area contributed by atoms with E-state index in [4.69, 9.17) is 14.6 Å². The molecule has 0 atom stereocenters. The Balaban J connectivity index is 1.52. The van der Waals surface area contributed by atoms with Crippen LogP contribution in [0.25, 0.3) is 22.0 Å². The molecule has 2 aliphatic rings. The number of fused-ring (bicyclic) bond motifs is 3. The van der Waals surface area contributed by atoms with Gasteiger partial charge in [-0.2, -0.15) is 5.10 Å². The molecule has 1 N–H and O–H groups in total. The Morgan fingerprint density at radius 1 is 1.10 bits per heavy atom. The van der Waals surface area contributed by atoms with E-state index in [0.29, 0.717) is 24.1 Å². The van der Waals surface area contributed by atoms with Gasteiger partial charge in [-0.05, 0) is 89.4 Å². The van der Waals surface area contributed by atoms with Crippen molar-refractivity contribution in [3.8, 4) is 5.88 Å². The largest absolute Gasteiger partial charge is 0.472 e. The fourth-order valence-electron chi connectivity index (χ4n) is 5.66. The number of hydrogen-bond acceptors (Lipinski definition) is 6. The van der Waals surface area contributed by atoms with Crippen LogP contribution in [0.2, 0.25) is 0 Å². The van der Waals surface area contributed by atoms with Gasteiger partial charge in [-0.15, -0.1) is 0 Å². The van der Waals surface area contributed by atoms with Crippen LogP contribution in [0.4, 0.5) is 5.69 Å². The third-order valence-electron chi connectivity index (χ3n) is 7.48. The molecule has 0 unspecified atom stereocenters. The number of ether oxygens (including phenoxy) is 2. The molecule has 2 aromatic carbocycles. The fraction of sp³-hybridized carbons (Fsp3) is 0.333. The molecule has 0 bridgehead atoms. The number of benzene rings is 2. The molecule has 6 rings (SSSR count). The van der Waals surface area contributed by atoms with Crippen molar-refractivity contribution in [1.82, 2.24) is 14.8 Å². The van der Waals surface area contributed by atoms with E-state index in [2.05, 4.69) is 33.4 Å². The van der Waals surface area contributed by atoms with Gasteiger partial charge in [-0.3, -0.25) is 9.40 Å². The first-order valence-corrected chi connectivity index (χ1v) is 15.2. The van der Waals surface area contributed by atoms with E-state index in [-0.39, 0.29) is 0 Å². The van der Waals surface area contributed by atoms with Crippen molar-refractivity contribution >= 4 is 37.8 Å². The van der Waals surface area contributed by atoms with Gasteiger partial charge in [0.2, 0.25) is 15.9 Å². The maximum absolute atomic E-state index is 11.9. The van der Waals surface area contributed by atoms with Gasteiger partial charge in [-0.1, -0.05) is 19.1 Å². The van der Waals surface area contributed by atoms with Crippen LogP contribution in [0.1, 0.15) is 48.4 Å². The maximum Gasteiger partial charge on any atom is 0.229 e. The zero-order chi connectivity index (χ0) is 27.0. The van der Waals surface area contributed by atoms with Crippen molar-refractivity contribution in [2.45, 2.75) is 39.3 Å². The van der Waals surface area contributed by atoms with Gasteiger partial charge < -0.3 is 9.47 Å². The second-order valence-electron chi connectivity index (χ2n) is 10.3. The standard InChI is InChI=1S/C30H32N4O4S/c1-3-25(21-6-4-7-24(14-21)33-39(2,35)36)29-26-8-5-11-31-30(26)38-19-23-16-28-22(15-27(23)29)17-32-34(28)18-20-9-12-37-13-10-20/h4-8,11,14-17,20,33H,3,9-10,12-13,18-19H2,1-2H3/b29-25+. The highest BCUT2D eigenvalue weighted by Gasteiger charge is 2.25. The predicted molar refractivity (Wildman–Crippen MR) is 153 cm³/mol. The highest BCUT2D eigenvalue weighted by molar-refractivity contribution is 7.92. The van der Waals surface area contributed by atoms with Gasteiger partial charge in [0.15, 0.2) is 0 Å². The normalized spacial score (nSPS) is 17.2. The molecular weight excluding hydrogens is 512 g/mol. The molecule has 0 spiro atoms. The number of nitrogens with one attached hydrogen (secondary N) is 1. The van der Waals surface area contributed by atoms with Crippen LogP contribution in [-0.2, 0) is 27.9 Å². The summed E-state index contributed by atoms with van der Waals surface area (Å²) in [5.41, 5.74) is 7.77. The molecule has 0 saturated carbocycles. The molecule has 1 fully saturated rings. The average molecular weight is 545 g/mol. The van der Waals surface area contributed by atoms with Crippen LogP contribution in [0.15, 0.2) is 60.9 Å². The molecule has 39 heavy (non-hydrogen) atoms. The first-order valence-electron chi connectivity index (χ1n) is 13.4. The molecule has 1 saturated heterocycles. The summed E-state index contributed by atoms with van der Waals surface area (Å²) in [5.74, 6) is 1.15. The zero-order valence-corrected chi connectivity index (χ0v) is 23.0. The predicted octanol–water partition coefficient (Wildman–Crippen LogP) is 5.49. The molecule has 0 radical (unpaired) electrons. The number of aromatic nitrogens is 3. The van der Waals surface area contributed by atoms with Crippen molar-refractivity contribution in [1.29, 1.82) is 0 Å². The van der Waals surface area contributed by atoms with Crippen LogP contribution in [0.5, 0.6) is 5.88 Å². The fourth-order valence-corrected chi connectivity index (χ4v) is 6.22. The van der Waals surface area contributed by atoms with E-state index in [1.165, 1.54) is 0 Å². The smallest absolute Gasteiger partial charge is 0.229 e. The van der Waals surface area contributed by atoms with Crippen LogP contribution < -0.4 is 9.46 Å². The number of pyridine rings is 1. The summed E-state index contributed by atoms with van der Waals surface area (Å²) in [6, 6.07) is 15.9. The SMILES string of the molecule is CC/C(=C1\c2cc3cnn(CC4CCOCC4)c3cc2COc2ncccc21)c1cccc(NS(C)(=O)=O)c1. The van der Waals surface area contributed by atoms with Gasteiger partial charge in [0.25, 0.3) is 0 Å². The molecular formula is C30H32N4O4S. The van der Waals surface area contributed by atoms with Gasteiger partial charge in [0.05, 0.1) is 18.0 Å². The Kier molecular flexibility index (Phi) is 6.86. The Hall–Kier alpha value is -3.69. The van der Waals surface area contributed by atoms with E-state index < -0.39 is 10.0 Å². The molecule has 202 valence electrons. The lowest BCUT2D eigenvalue weighted by atomic mass is 9.86.